The Morgan fingerprint density at radius 2 is 1.59 bits per heavy atom. The minimum absolute atomic E-state index is 0.284. The lowest BCUT2D eigenvalue weighted by molar-refractivity contribution is -0.141. The van der Waals surface area contributed by atoms with Gasteiger partial charge in [-0.3, -0.25) is 14.4 Å². The molecule has 0 spiro atoms. The highest BCUT2D eigenvalue weighted by molar-refractivity contribution is 5.89. The molecule has 4 atom stereocenters. The second kappa shape index (κ2) is 8.90. The van der Waals surface area contributed by atoms with Crippen molar-refractivity contribution in [1.82, 2.24) is 5.32 Å². The largest absolute Gasteiger partial charge is 0.481 e. The van der Waals surface area contributed by atoms with Gasteiger partial charge in [-0.25, -0.2) is 0 Å². The van der Waals surface area contributed by atoms with Gasteiger partial charge in [0.25, 0.3) is 0 Å². The number of carbonyl (C=O) groups is 3. The van der Waals surface area contributed by atoms with E-state index in [2.05, 4.69) is 5.32 Å². The van der Waals surface area contributed by atoms with E-state index in [0.717, 1.165) is 16.7 Å². The average Bonchev–Trinajstić information content (AvgIpc) is 3.50. The molecule has 1 aliphatic carbocycles. The van der Waals surface area contributed by atoms with E-state index < -0.39 is 29.7 Å². The fourth-order valence-electron chi connectivity index (χ4n) is 3.54. The first-order valence-corrected chi connectivity index (χ1v) is 9.75. The molecule has 2 aromatic rings. The Hall–Kier alpha value is -3.15. The number of rotatable bonds is 9. The molecule has 0 saturated heterocycles. The smallest absolute Gasteiger partial charge is 0.307 e. The third-order valence-corrected chi connectivity index (χ3v) is 5.39. The van der Waals surface area contributed by atoms with E-state index in [4.69, 9.17) is 5.11 Å². The Balaban J connectivity index is 1.68. The molecule has 0 heterocycles. The van der Waals surface area contributed by atoms with Crippen LogP contribution in [0.2, 0.25) is 0 Å². The maximum absolute atomic E-state index is 12.4. The molecule has 1 saturated carbocycles. The quantitative estimate of drug-likeness (QED) is 0.605. The van der Waals surface area contributed by atoms with Crippen LogP contribution in [-0.2, 0) is 20.8 Å². The highest BCUT2D eigenvalue weighted by Crippen LogP contribution is 2.39. The molecule has 6 nitrogen and oxygen atoms in total. The van der Waals surface area contributed by atoms with Gasteiger partial charge in [-0.05, 0) is 36.0 Å². The van der Waals surface area contributed by atoms with Crippen molar-refractivity contribution in [3.63, 3.8) is 0 Å². The molecule has 0 aliphatic heterocycles. The van der Waals surface area contributed by atoms with Crippen LogP contribution in [0.15, 0.2) is 54.6 Å². The van der Waals surface area contributed by atoms with E-state index in [1.807, 2.05) is 54.6 Å². The molecule has 3 N–H and O–H groups in total. The Bertz CT molecular complexity index is 878. The van der Waals surface area contributed by atoms with Crippen LogP contribution in [0.5, 0.6) is 0 Å². The summed E-state index contributed by atoms with van der Waals surface area (Å²) < 4.78 is 0. The van der Waals surface area contributed by atoms with Gasteiger partial charge in [0, 0.05) is 6.04 Å². The first kappa shape index (κ1) is 20.6. The second-order valence-electron chi connectivity index (χ2n) is 7.73. The SMILES string of the molecule is C[C@H](C[C@@H](Cc1ccc(-c2ccccc2)cc1)NC(=O)[C@H]1C[C@@H]1C(=O)O)C(=O)O. The van der Waals surface area contributed by atoms with Crippen molar-refractivity contribution in [3.05, 3.63) is 60.2 Å². The average molecular weight is 395 g/mol. The van der Waals surface area contributed by atoms with Crippen molar-refractivity contribution in [3.8, 4) is 11.1 Å². The van der Waals surface area contributed by atoms with Gasteiger partial charge in [-0.15, -0.1) is 0 Å². The zero-order valence-electron chi connectivity index (χ0n) is 16.2. The summed E-state index contributed by atoms with van der Waals surface area (Å²) in [6.07, 6.45) is 1.11. The van der Waals surface area contributed by atoms with Crippen LogP contribution in [0, 0.1) is 17.8 Å². The summed E-state index contributed by atoms with van der Waals surface area (Å²) in [7, 11) is 0. The standard InChI is InChI=1S/C23H25NO5/c1-14(22(26)27)11-18(24-21(25)19-13-20(19)23(28)29)12-15-7-9-17(10-8-15)16-5-3-2-4-6-16/h2-10,14,18-20H,11-13H2,1H3,(H,24,25)(H,26,27)(H,28,29)/t14-,18+,19+,20+/m1/s1. The Morgan fingerprint density at radius 3 is 2.14 bits per heavy atom. The van der Waals surface area contributed by atoms with Crippen molar-refractivity contribution >= 4 is 17.8 Å². The summed E-state index contributed by atoms with van der Waals surface area (Å²) in [6, 6.07) is 17.6. The molecule has 1 fully saturated rings. The number of benzene rings is 2. The Kier molecular flexibility index (Phi) is 6.32. The van der Waals surface area contributed by atoms with Crippen LogP contribution in [0.3, 0.4) is 0 Å². The van der Waals surface area contributed by atoms with Gasteiger partial charge in [-0.1, -0.05) is 61.5 Å². The topological polar surface area (TPSA) is 104 Å². The van der Waals surface area contributed by atoms with Gasteiger partial charge in [0.1, 0.15) is 0 Å². The highest BCUT2D eigenvalue weighted by atomic mass is 16.4. The maximum atomic E-state index is 12.4. The molecule has 29 heavy (non-hydrogen) atoms. The van der Waals surface area contributed by atoms with Crippen LogP contribution < -0.4 is 5.32 Å². The number of carboxylic acid groups (broad SMARTS) is 2. The zero-order valence-corrected chi connectivity index (χ0v) is 16.2. The molecule has 0 radical (unpaired) electrons. The van der Waals surface area contributed by atoms with Gasteiger partial charge >= 0.3 is 11.9 Å². The Labute approximate surface area is 169 Å². The highest BCUT2D eigenvalue weighted by Gasteiger charge is 2.48. The van der Waals surface area contributed by atoms with Crippen LogP contribution >= 0.6 is 0 Å². The molecule has 2 aromatic carbocycles. The van der Waals surface area contributed by atoms with E-state index >= 15 is 0 Å². The third-order valence-electron chi connectivity index (χ3n) is 5.39. The van der Waals surface area contributed by atoms with Crippen LogP contribution in [0.4, 0.5) is 0 Å². The lowest BCUT2D eigenvalue weighted by Gasteiger charge is -2.21. The van der Waals surface area contributed by atoms with E-state index in [1.54, 1.807) is 6.92 Å². The van der Waals surface area contributed by atoms with Crippen molar-refractivity contribution in [2.75, 3.05) is 0 Å². The van der Waals surface area contributed by atoms with Gasteiger partial charge in [0.05, 0.1) is 17.8 Å². The predicted molar refractivity (Wildman–Crippen MR) is 108 cm³/mol. The fourth-order valence-corrected chi connectivity index (χ4v) is 3.54. The molecule has 3 rings (SSSR count). The number of amides is 1. The molecular weight excluding hydrogens is 370 g/mol. The van der Waals surface area contributed by atoms with Gasteiger partial charge in [-0.2, -0.15) is 0 Å². The van der Waals surface area contributed by atoms with E-state index in [0.29, 0.717) is 12.8 Å². The molecule has 152 valence electrons. The zero-order chi connectivity index (χ0) is 21.0. The van der Waals surface area contributed by atoms with E-state index in [-0.39, 0.29) is 18.4 Å². The maximum Gasteiger partial charge on any atom is 0.307 e. The minimum atomic E-state index is -0.961. The van der Waals surface area contributed by atoms with Crippen molar-refractivity contribution in [2.45, 2.75) is 32.2 Å². The number of aliphatic carboxylic acids is 2. The van der Waals surface area contributed by atoms with Crippen molar-refractivity contribution in [2.24, 2.45) is 17.8 Å². The van der Waals surface area contributed by atoms with Crippen LogP contribution in [0.25, 0.3) is 11.1 Å². The summed E-state index contributed by atoms with van der Waals surface area (Å²) in [5, 5.41) is 21.1. The lowest BCUT2D eigenvalue weighted by Crippen LogP contribution is -2.40. The minimum Gasteiger partial charge on any atom is -0.481 e. The van der Waals surface area contributed by atoms with Crippen molar-refractivity contribution in [1.29, 1.82) is 0 Å². The Morgan fingerprint density at radius 1 is 0.966 bits per heavy atom. The molecule has 0 bridgehead atoms. The normalized spacial score (nSPS) is 19.8. The molecule has 6 heteroatoms. The summed E-state index contributed by atoms with van der Waals surface area (Å²) in [5.41, 5.74) is 3.17. The summed E-state index contributed by atoms with van der Waals surface area (Å²) in [6.45, 7) is 1.61. The van der Waals surface area contributed by atoms with Gasteiger partial charge < -0.3 is 15.5 Å². The number of carbonyl (C=O) groups excluding carboxylic acids is 1. The second-order valence-corrected chi connectivity index (χ2v) is 7.73. The lowest BCUT2D eigenvalue weighted by atomic mass is 9.94. The number of hydrogen-bond donors (Lipinski definition) is 3. The van der Waals surface area contributed by atoms with E-state index in [9.17, 15) is 19.5 Å². The summed E-state index contributed by atoms with van der Waals surface area (Å²) >= 11 is 0. The summed E-state index contributed by atoms with van der Waals surface area (Å²) in [5.74, 6) is -3.94. The monoisotopic (exact) mass is 395 g/mol. The van der Waals surface area contributed by atoms with Crippen molar-refractivity contribution < 1.29 is 24.6 Å². The molecule has 0 unspecified atom stereocenters. The first-order valence-electron chi connectivity index (χ1n) is 9.75. The molecule has 1 aliphatic rings. The first-order chi connectivity index (χ1) is 13.8. The van der Waals surface area contributed by atoms with Gasteiger partial charge in [0.15, 0.2) is 0 Å². The fraction of sp³-hybridized carbons (Fsp3) is 0.348. The number of nitrogens with one attached hydrogen (secondary N) is 1. The molecule has 1 amide bonds. The molecular formula is C23H25NO5. The summed E-state index contributed by atoms with van der Waals surface area (Å²) in [4.78, 5) is 34.7. The molecule has 0 aromatic heterocycles. The van der Waals surface area contributed by atoms with Gasteiger partial charge in [0.2, 0.25) is 5.91 Å². The number of hydrogen-bond acceptors (Lipinski definition) is 3. The number of carboxylic acids is 2. The van der Waals surface area contributed by atoms with Crippen LogP contribution in [-0.4, -0.2) is 34.1 Å². The third kappa shape index (κ3) is 5.44. The van der Waals surface area contributed by atoms with E-state index in [1.165, 1.54) is 0 Å². The predicted octanol–water partition coefficient (Wildman–Crippen LogP) is 3.21. The van der Waals surface area contributed by atoms with Crippen LogP contribution in [0.1, 0.15) is 25.3 Å².